The molecule has 0 bridgehead atoms. The van der Waals surface area contributed by atoms with Gasteiger partial charge in [0.1, 0.15) is 0 Å². The summed E-state index contributed by atoms with van der Waals surface area (Å²) >= 11 is 0. The van der Waals surface area contributed by atoms with Crippen LogP contribution in [0.4, 0.5) is 86.8 Å². The third-order valence-corrected chi connectivity index (χ3v) is 16.9. The molecule has 93 heavy (non-hydrogen) atoms. The molecular formula is C78H47F12N3. The second kappa shape index (κ2) is 23.0. The topological polar surface area (TPSA) is 11.4 Å². The molecule has 14 aromatic rings. The van der Waals surface area contributed by atoms with Gasteiger partial charge in [-0.05, 0) is 175 Å². The van der Waals surface area contributed by atoms with E-state index in [1.807, 2.05) is 91.0 Å². The minimum Gasteiger partial charge on any atom is -0.309 e. The molecule has 0 radical (unpaired) electrons. The van der Waals surface area contributed by atoms with Gasteiger partial charge in [-0.3, -0.25) is 0 Å². The Labute approximate surface area is 524 Å². The molecule has 0 saturated heterocycles. The van der Waals surface area contributed by atoms with Crippen molar-refractivity contribution in [1.29, 1.82) is 0 Å². The molecule has 0 saturated carbocycles. The molecule has 1 heterocycles. The van der Waals surface area contributed by atoms with Crippen LogP contribution in [0.5, 0.6) is 0 Å². The summed E-state index contributed by atoms with van der Waals surface area (Å²) in [7, 11) is 0. The molecule has 0 unspecified atom stereocenters. The van der Waals surface area contributed by atoms with Gasteiger partial charge in [0.05, 0.1) is 56.0 Å². The van der Waals surface area contributed by atoms with E-state index < -0.39 is 69.7 Å². The minimum absolute atomic E-state index is 0.0225. The zero-order valence-corrected chi connectivity index (χ0v) is 48.5. The fourth-order valence-corrected chi connectivity index (χ4v) is 12.8. The summed E-state index contributed by atoms with van der Waals surface area (Å²) in [6.45, 7) is 0. The summed E-state index contributed by atoms with van der Waals surface area (Å²) < 4.78 is 179. The van der Waals surface area contributed by atoms with Gasteiger partial charge in [-0.25, -0.2) is 0 Å². The van der Waals surface area contributed by atoms with Gasteiger partial charge >= 0.3 is 24.7 Å². The minimum atomic E-state index is -4.93. The second-order valence-corrected chi connectivity index (χ2v) is 22.4. The largest absolute Gasteiger partial charge is 0.418 e. The van der Waals surface area contributed by atoms with Crippen molar-refractivity contribution in [3.05, 3.63) is 307 Å². The van der Waals surface area contributed by atoms with Crippen LogP contribution < -0.4 is 9.80 Å². The first-order valence-corrected chi connectivity index (χ1v) is 29.3. The molecule has 3 nitrogen and oxygen atoms in total. The van der Waals surface area contributed by atoms with Crippen LogP contribution in [-0.2, 0) is 24.7 Å². The molecule has 0 spiro atoms. The molecule has 13 aromatic carbocycles. The summed E-state index contributed by atoms with van der Waals surface area (Å²) in [4.78, 5) is 1.91. The average Bonchev–Trinajstić information content (AvgIpc) is 1.57. The molecule has 0 amide bonds. The SMILES string of the molecule is FC(F)(F)c1ccccc1N(c1ccc(-c2ccc3c(c2)c2cc(-c4ccc(N(c5ccccc5C(F)(F)F)c5ccccc5C(F)(F)F)cc4)ccc2n3-c2ccc(-c3c4ccccc4c(-c4ccccc4)c4ccccc34)cc2)cc1)c1ccccc1C(F)(F)F. The van der Waals surface area contributed by atoms with E-state index in [1.54, 1.807) is 24.3 Å². The number of para-hydroxylation sites is 4. The summed E-state index contributed by atoms with van der Waals surface area (Å²) in [6.07, 6.45) is -19.7. The van der Waals surface area contributed by atoms with Crippen molar-refractivity contribution < 1.29 is 52.7 Å². The molecule has 0 atom stereocenters. The fourth-order valence-electron chi connectivity index (χ4n) is 12.8. The lowest BCUT2D eigenvalue weighted by atomic mass is 9.86. The standard InChI is InChI=1S/C78H47F12N3/c79-75(80,81)63-22-8-12-26-69(63)92(70-27-13-9-23-64(70)76(82,83)84)55-38-30-48(31-39-55)52-36-44-67-61(46-52)62-47-53(49-32-40-56(41-33-49)93(71-28-14-10-24-65(71)77(85,86)87)72-29-15-11-25-66(72)78(88,89)90)37-45-68(62)91(67)54-42-34-51(35-43-54)74-59-20-6-4-18-57(59)73(50-16-2-1-3-17-50)58-19-5-7-21-60(58)74/h1-47H. The number of alkyl halides is 12. The molecule has 15 heteroatoms. The smallest absolute Gasteiger partial charge is 0.309 e. The van der Waals surface area contributed by atoms with Crippen LogP contribution in [0.3, 0.4) is 0 Å². The second-order valence-electron chi connectivity index (χ2n) is 22.4. The van der Waals surface area contributed by atoms with Gasteiger partial charge < -0.3 is 14.4 Å². The molecule has 14 rings (SSSR count). The van der Waals surface area contributed by atoms with E-state index >= 15 is 0 Å². The normalized spacial score (nSPS) is 12.3. The van der Waals surface area contributed by atoms with Gasteiger partial charge in [0.15, 0.2) is 0 Å². The van der Waals surface area contributed by atoms with Gasteiger partial charge in [-0.1, -0.05) is 176 Å². The summed E-state index contributed by atoms with van der Waals surface area (Å²) in [5.74, 6) is 0. The highest BCUT2D eigenvalue weighted by atomic mass is 19.4. The average molecular weight is 1250 g/mol. The molecule has 0 aliphatic carbocycles. The molecule has 1 aromatic heterocycles. The van der Waals surface area contributed by atoms with Crippen LogP contribution in [-0.4, -0.2) is 4.57 Å². The summed E-state index contributed by atoms with van der Waals surface area (Å²) in [5.41, 5.74) is 2.41. The predicted molar refractivity (Wildman–Crippen MR) is 347 cm³/mol. The number of rotatable bonds is 11. The van der Waals surface area contributed by atoms with Gasteiger partial charge in [0, 0.05) is 27.8 Å². The summed E-state index contributed by atoms with van der Waals surface area (Å²) in [6, 6.07) is 76.9. The Morgan fingerprint density at radius 3 is 0.817 bits per heavy atom. The molecule has 458 valence electrons. The third kappa shape index (κ3) is 10.9. The van der Waals surface area contributed by atoms with E-state index in [0.29, 0.717) is 22.3 Å². The van der Waals surface area contributed by atoms with Crippen molar-refractivity contribution in [2.45, 2.75) is 24.7 Å². The first-order valence-electron chi connectivity index (χ1n) is 29.3. The summed E-state index contributed by atoms with van der Waals surface area (Å²) in [5, 5.41) is 5.78. The van der Waals surface area contributed by atoms with Crippen LogP contribution in [0.2, 0.25) is 0 Å². The lowest BCUT2D eigenvalue weighted by Crippen LogP contribution is -2.20. The lowest BCUT2D eigenvalue weighted by Gasteiger charge is -2.30. The number of hydrogen-bond acceptors (Lipinski definition) is 2. The highest BCUT2D eigenvalue weighted by Gasteiger charge is 2.41. The Balaban J connectivity index is 0.915. The van der Waals surface area contributed by atoms with Crippen molar-refractivity contribution in [2.75, 3.05) is 9.80 Å². The molecule has 0 N–H and O–H groups in total. The number of aromatic nitrogens is 1. The first-order chi connectivity index (χ1) is 44.7. The molecule has 0 fully saturated rings. The van der Waals surface area contributed by atoms with Crippen molar-refractivity contribution in [3.8, 4) is 50.2 Å². The zero-order chi connectivity index (χ0) is 64.6. The predicted octanol–water partition coefficient (Wildman–Crippen LogP) is 24.8. The zero-order valence-electron chi connectivity index (χ0n) is 48.5. The lowest BCUT2D eigenvalue weighted by molar-refractivity contribution is -0.138. The Hall–Kier alpha value is -11.1. The fraction of sp³-hybridized carbons (Fsp3) is 0.0513. The Bertz CT molecular complexity index is 4750. The first kappa shape index (κ1) is 59.6. The highest BCUT2D eigenvalue weighted by molar-refractivity contribution is 6.21. The van der Waals surface area contributed by atoms with E-state index in [1.165, 1.54) is 72.8 Å². The number of fused-ring (bicyclic) bond motifs is 5. The number of hydrogen-bond donors (Lipinski definition) is 0. The number of anilines is 6. The quantitative estimate of drug-likeness (QED) is 0.0945. The maximum Gasteiger partial charge on any atom is 0.418 e. The Kier molecular flexibility index (Phi) is 14.7. The van der Waals surface area contributed by atoms with Gasteiger partial charge in [-0.15, -0.1) is 0 Å². The number of benzene rings is 13. The maximum atomic E-state index is 14.7. The highest BCUT2D eigenvalue weighted by Crippen LogP contribution is 2.51. The van der Waals surface area contributed by atoms with E-state index in [2.05, 4.69) is 53.1 Å². The number of nitrogens with zero attached hydrogens (tertiary/aromatic N) is 3. The molecule has 0 aliphatic rings. The monoisotopic (exact) mass is 1250 g/mol. The van der Waals surface area contributed by atoms with Crippen molar-refractivity contribution in [2.24, 2.45) is 0 Å². The van der Waals surface area contributed by atoms with Crippen molar-refractivity contribution in [1.82, 2.24) is 4.57 Å². The third-order valence-electron chi connectivity index (χ3n) is 16.9. The van der Waals surface area contributed by atoms with Crippen molar-refractivity contribution in [3.63, 3.8) is 0 Å². The Morgan fingerprint density at radius 1 is 0.226 bits per heavy atom. The van der Waals surface area contributed by atoms with Crippen LogP contribution in [0.15, 0.2) is 285 Å². The van der Waals surface area contributed by atoms with Crippen LogP contribution in [0, 0.1) is 0 Å². The van der Waals surface area contributed by atoms with E-state index in [0.717, 1.165) is 130 Å². The van der Waals surface area contributed by atoms with E-state index in [4.69, 9.17) is 0 Å². The number of halogens is 12. The van der Waals surface area contributed by atoms with Gasteiger partial charge in [0.2, 0.25) is 0 Å². The van der Waals surface area contributed by atoms with Gasteiger partial charge in [-0.2, -0.15) is 52.7 Å². The maximum absolute atomic E-state index is 14.7. The van der Waals surface area contributed by atoms with Crippen LogP contribution in [0.25, 0.3) is 93.5 Å². The van der Waals surface area contributed by atoms with E-state index in [9.17, 15) is 52.7 Å². The van der Waals surface area contributed by atoms with Crippen molar-refractivity contribution >= 4 is 77.5 Å². The van der Waals surface area contributed by atoms with Crippen LogP contribution >= 0.6 is 0 Å². The molecule has 0 aliphatic heterocycles. The molecular weight excluding hydrogens is 1210 g/mol. The Morgan fingerprint density at radius 2 is 0.495 bits per heavy atom. The van der Waals surface area contributed by atoms with Gasteiger partial charge in [0.25, 0.3) is 0 Å². The van der Waals surface area contributed by atoms with E-state index in [-0.39, 0.29) is 11.4 Å². The van der Waals surface area contributed by atoms with Crippen LogP contribution in [0.1, 0.15) is 22.3 Å².